The average Bonchev–Trinajstić information content (AvgIpc) is 2.77. The first-order valence-corrected chi connectivity index (χ1v) is 9.60. The normalized spacial score (nSPS) is 10.2. The molecule has 0 aliphatic carbocycles. The Hall–Kier alpha value is -3.53. The Morgan fingerprint density at radius 1 is 0.759 bits per heavy atom. The molecule has 3 aromatic rings. The maximum absolute atomic E-state index is 12.1. The minimum atomic E-state index is -0.388. The number of hydrogen-bond donors (Lipinski definition) is 0. The summed E-state index contributed by atoms with van der Waals surface area (Å²) in [6, 6.07) is 23.8. The summed E-state index contributed by atoms with van der Waals surface area (Å²) in [5.74, 6) is 1.59. The summed E-state index contributed by atoms with van der Waals surface area (Å²) in [5.41, 5.74) is 1.58. The van der Waals surface area contributed by atoms with Gasteiger partial charge in [-0.2, -0.15) is 0 Å². The van der Waals surface area contributed by atoms with Gasteiger partial charge in [0.05, 0.1) is 18.8 Å². The molecule has 0 atom stereocenters. The monoisotopic (exact) mass is 388 g/mol. The van der Waals surface area contributed by atoms with Crippen molar-refractivity contribution in [1.29, 1.82) is 0 Å². The molecule has 3 rings (SSSR count). The van der Waals surface area contributed by atoms with Crippen LogP contribution in [0.3, 0.4) is 0 Å². The van der Waals surface area contributed by atoms with Crippen molar-refractivity contribution in [3.05, 3.63) is 96.6 Å². The van der Waals surface area contributed by atoms with Crippen LogP contribution in [-0.2, 0) is 0 Å². The molecule has 0 aromatic heterocycles. The smallest absolute Gasteiger partial charge is 0.343 e. The number of esters is 1. The summed E-state index contributed by atoms with van der Waals surface area (Å²) in [6.07, 6.45) is 3.55. The van der Waals surface area contributed by atoms with Crippen LogP contribution in [-0.4, -0.2) is 19.2 Å². The van der Waals surface area contributed by atoms with Crippen LogP contribution >= 0.6 is 0 Å². The summed E-state index contributed by atoms with van der Waals surface area (Å²) in [7, 11) is 0. The van der Waals surface area contributed by atoms with Gasteiger partial charge in [0.15, 0.2) is 0 Å². The van der Waals surface area contributed by atoms with Crippen LogP contribution in [0.5, 0.6) is 17.2 Å². The Kier molecular flexibility index (Phi) is 7.47. The number of carbonyl (C=O) groups is 1. The van der Waals surface area contributed by atoms with Crippen LogP contribution in [0.15, 0.2) is 85.4 Å². The standard InChI is InChI=1S/C25H24O4/c1-2-20-13-15-22(16-14-20)27-17-6-7-18-28-23-11-8-12-24(19-23)29-25(26)21-9-4-3-5-10-21/h2-5,8-16,19H,1,6-7,17-18H2. The van der Waals surface area contributed by atoms with E-state index >= 15 is 0 Å². The quantitative estimate of drug-likeness (QED) is 0.251. The van der Waals surface area contributed by atoms with E-state index in [1.165, 1.54) is 0 Å². The van der Waals surface area contributed by atoms with Crippen molar-refractivity contribution >= 4 is 12.0 Å². The lowest BCUT2D eigenvalue weighted by Crippen LogP contribution is -2.08. The minimum Gasteiger partial charge on any atom is -0.494 e. The van der Waals surface area contributed by atoms with Crippen LogP contribution < -0.4 is 14.2 Å². The second-order valence-corrected chi connectivity index (χ2v) is 6.41. The van der Waals surface area contributed by atoms with Crippen molar-refractivity contribution in [2.75, 3.05) is 13.2 Å². The van der Waals surface area contributed by atoms with E-state index in [0.29, 0.717) is 30.3 Å². The number of unbranched alkanes of at least 4 members (excludes halogenated alkanes) is 1. The molecule has 0 N–H and O–H groups in total. The summed E-state index contributed by atoms with van der Waals surface area (Å²) < 4.78 is 16.9. The molecule has 0 spiro atoms. The van der Waals surface area contributed by atoms with E-state index in [1.807, 2.05) is 36.4 Å². The molecule has 0 aliphatic heterocycles. The molecule has 29 heavy (non-hydrogen) atoms. The van der Waals surface area contributed by atoms with E-state index in [2.05, 4.69) is 6.58 Å². The Balaban J connectivity index is 1.38. The molecule has 4 nitrogen and oxygen atoms in total. The van der Waals surface area contributed by atoms with Gasteiger partial charge in [-0.05, 0) is 54.8 Å². The molecular formula is C25H24O4. The molecule has 0 saturated carbocycles. The van der Waals surface area contributed by atoms with E-state index in [4.69, 9.17) is 14.2 Å². The zero-order valence-corrected chi connectivity index (χ0v) is 16.3. The van der Waals surface area contributed by atoms with E-state index in [1.54, 1.807) is 48.5 Å². The minimum absolute atomic E-state index is 0.388. The second kappa shape index (κ2) is 10.7. The molecule has 3 aromatic carbocycles. The van der Waals surface area contributed by atoms with Gasteiger partial charge in [0, 0.05) is 6.07 Å². The summed E-state index contributed by atoms with van der Waals surface area (Å²) in [4.78, 5) is 12.1. The maximum atomic E-state index is 12.1. The van der Waals surface area contributed by atoms with Gasteiger partial charge in [-0.3, -0.25) is 0 Å². The maximum Gasteiger partial charge on any atom is 0.343 e. The summed E-state index contributed by atoms with van der Waals surface area (Å²) in [6.45, 7) is 4.93. The molecule has 4 heteroatoms. The number of ether oxygens (including phenoxy) is 3. The van der Waals surface area contributed by atoms with Crippen LogP contribution in [0.2, 0.25) is 0 Å². The Labute approximate surface area is 171 Å². The van der Waals surface area contributed by atoms with Crippen molar-refractivity contribution in [2.24, 2.45) is 0 Å². The lowest BCUT2D eigenvalue weighted by molar-refractivity contribution is 0.0734. The third kappa shape index (κ3) is 6.54. The van der Waals surface area contributed by atoms with Crippen LogP contribution in [0.4, 0.5) is 0 Å². The first kappa shape index (κ1) is 20.2. The third-order valence-corrected chi connectivity index (χ3v) is 4.22. The Morgan fingerprint density at radius 2 is 1.41 bits per heavy atom. The van der Waals surface area contributed by atoms with E-state index < -0.39 is 0 Å². The highest BCUT2D eigenvalue weighted by Crippen LogP contribution is 2.21. The number of rotatable bonds is 10. The number of hydrogen-bond acceptors (Lipinski definition) is 4. The molecule has 148 valence electrons. The Bertz CT molecular complexity index is 917. The lowest BCUT2D eigenvalue weighted by Gasteiger charge is -2.09. The fourth-order valence-electron chi connectivity index (χ4n) is 2.65. The van der Waals surface area contributed by atoms with Crippen molar-refractivity contribution < 1.29 is 19.0 Å². The molecule has 0 aliphatic rings. The first-order chi connectivity index (χ1) is 14.2. The highest BCUT2D eigenvalue weighted by Gasteiger charge is 2.08. The van der Waals surface area contributed by atoms with Crippen LogP contribution in [0.25, 0.3) is 6.08 Å². The van der Waals surface area contributed by atoms with Gasteiger partial charge in [0.25, 0.3) is 0 Å². The second-order valence-electron chi connectivity index (χ2n) is 6.41. The van der Waals surface area contributed by atoms with Gasteiger partial charge in [0.2, 0.25) is 0 Å². The van der Waals surface area contributed by atoms with Crippen molar-refractivity contribution in [3.63, 3.8) is 0 Å². The average molecular weight is 388 g/mol. The molecule has 0 heterocycles. The van der Waals surface area contributed by atoms with Gasteiger partial charge in [0.1, 0.15) is 17.2 Å². The summed E-state index contributed by atoms with van der Waals surface area (Å²) in [5, 5.41) is 0. The SMILES string of the molecule is C=Cc1ccc(OCCCCOc2cccc(OC(=O)c3ccccc3)c2)cc1. The lowest BCUT2D eigenvalue weighted by atomic mass is 10.2. The van der Waals surface area contributed by atoms with Crippen LogP contribution in [0, 0.1) is 0 Å². The van der Waals surface area contributed by atoms with Gasteiger partial charge in [-0.15, -0.1) is 0 Å². The predicted molar refractivity (Wildman–Crippen MR) is 115 cm³/mol. The predicted octanol–water partition coefficient (Wildman–Crippen LogP) is 5.79. The molecule has 0 unspecified atom stereocenters. The third-order valence-electron chi connectivity index (χ3n) is 4.22. The Morgan fingerprint density at radius 3 is 2.10 bits per heavy atom. The zero-order chi connectivity index (χ0) is 20.3. The number of benzene rings is 3. The first-order valence-electron chi connectivity index (χ1n) is 9.60. The molecular weight excluding hydrogens is 364 g/mol. The fraction of sp³-hybridized carbons (Fsp3) is 0.160. The fourth-order valence-corrected chi connectivity index (χ4v) is 2.65. The van der Waals surface area contributed by atoms with Crippen molar-refractivity contribution in [2.45, 2.75) is 12.8 Å². The van der Waals surface area contributed by atoms with Crippen LogP contribution in [0.1, 0.15) is 28.8 Å². The topological polar surface area (TPSA) is 44.8 Å². The largest absolute Gasteiger partial charge is 0.494 e. The number of carbonyl (C=O) groups excluding carboxylic acids is 1. The highest BCUT2D eigenvalue weighted by atomic mass is 16.5. The van der Waals surface area contributed by atoms with E-state index in [9.17, 15) is 4.79 Å². The molecule has 0 bridgehead atoms. The van der Waals surface area contributed by atoms with E-state index in [-0.39, 0.29) is 5.97 Å². The zero-order valence-electron chi connectivity index (χ0n) is 16.3. The molecule has 0 amide bonds. The van der Waals surface area contributed by atoms with Gasteiger partial charge < -0.3 is 14.2 Å². The van der Waals surface area contributed by atoms with Gasteiger partial charge >= 0.3 is 5.97 Å². The molecule has 0 saturated heterocycles. The van der Waals surface area contributed by atoms with Crippen molar-refractivity contribution in [1.82, 2.24) is 0 Å². The highest BCUT2D eigenvalue weighted by molar-refractivity contribution is 5.90. The summed E-state index contributed by atoms with van der Waals surface area (Å²) >= 11 is 0. The van der Waals surface area contributed by atoms with Crippen molar-refractivity contribution in [3.8, 4) is 17.2 Å². The van der Waals surface area contributed by atoms with Gasteiger partial charge in [-0.25, -0.2) is 4.79 Å². The molecule has 0 radical (unpaired) electrons. The van der Waals surface area contributed by atoms with Gasteiger partial charge in [-0.1, -0.05) is 49.1 Å². The van der Waals surface area contributed by atoms with E-state index in [0.717, 1.165) is 24.2 Å². The molecule has 0 fully saturated rings.